The molecule has 0 aliphatic carbocycles. The number of esters is 1. The van der Waals surface area contributed by atoms with Gasteiger partial charge in [-0.1, -0.05) is 29.5 Å². The van der Waals surface area contributed by atoms with Crippen LogP contribution in [0.15, 0.2) is 54.3 Å². The molecule has 0 N–H and O–H groups in total. The number of hydrogen-bond acceptors (Lipinski definition) is 6. The molecule has 0 amide bonds. The summed E-state index contributed by atoms with van der Waals surface area (Å²) in [6.45, 7) is 5.61. The van der Waals surface area contributed by atoms with Crippen LogP contribution in [-0.2, 0) is 16.0 Å². The van der Waals surface area contributed by atoms with Crippen molar-refractivity contribution in [3.05, 3.63) is 59.9 Å². The number of imidazole rings is 1. The van der Waals surface area contributed by atoms with Crippen LogP contribution >= 0.6 is 11.3 Å². The fourth-order valence-electron chi connectivity index (χ4n) is 3.01. The highest BCUT2D eigenvalue weighted by molar-refractivity contribution is 7.12. The zero-order chi connectivity index (χ0) is 19.7. The van der Waals surface area contributed by atoms with E-state index in [1.165, 1.54) is 11.3 Å². The van der Waals surface area contributed by atoms with Gasteiger partial charge in [0.1, 0.15) is 21.8 Å². The topological polar surface area (TPSA) is 69.4 Å². The standard InChI is InChI=1S/C21H20N4O2S/c1-21(2,3)27-19(26)10-14-5-4-6-15(9-14)17-12-22-18-11-16(7-8-25(17)18)20-24-23-13-28-20/h4-9,11-13H,10H2,1-3H3. The minimum absolute atomic E-state index is 0.232. The van der Waals surface area contributed by atoms with Crippen LogP contribution in [0.5, 0.6) is 0 Å². The summed E-state index contributed by atoms with van der Waals surface area (Å²) < 4.78 is 7.45. The van der Waals surface area contributed by atoms with Crippen molar-refractivity contribution >= 4 is 23.0 Å². The van der Waals surface area contributed by atoms with Crippen LogP contribution in [0.2, 0.25) is 0 Å². The average Bonchev–Trinajstić information content (AvgIpc) is 3.29. The monoisotopic (exact) mass is 392 g/mol. The van der Waals surface area contributed by atoms with Gasteiger partial charge < -0.3 is 4.74 Å². The van der Waals surface area contributed by atoms with Crippen molar-refractivity contribution in [2.24, 2.45) is 0 Å². The molecule has 3 aromatic heterocycles. The summed E-state index contributed by atoms with van der Waals surface area (Å²) in [5.74, 6) is -0.232. The number of benzene rings is 1. The molecule has 0 saturated heterocycles. The number of carbonyl (C=O) groups excluding carboxylic acids is 1. The summed E-state index contributed by atoms with van der Waals surface area (Å²) >= 11 is 1.50. The quantitative estimate of drug-likeness (QED) is 0.481. The van der Waals surface area contributed by atoms with Gasteiger partial charge in [-0.3, -0.25) is 9.20 Å². The molecule has 0 unspecified atom stereocenters. The van der Waals surface area contributed by atoms with Crippen LogP contribution in [0, 0.1) is 0 Å². The van der Waals surface area contributed by atoms with E-state index >= 15 is 0 Å². The van der Waals surface area contributed by atoms with E-state index in [4.69, 9.17) is 4.74 Å². The Morgan fingerprint density at radius 3 is 2.79 bits per heavy atom. The lowest BCUT2D eigenvalue weighted by molar-refractivity contribution is -0.153. The summed E-state index contributed by atoms with van der Waals surface area (Å²) in [5.41, 5.74) is 5.92. The smallest absolute Gasteiger partial charge is 0.310 e. The van der Waals surface area contributed by atoms with Crippen LogP contribution in [-0.4, -0.2) is 31.2 Å². The maximum Gasteiger partial charge on any atom is 0.310 e. The van der Waals surface area contributed by atoms with E-state index in [2.05, 4.69) is 15.2 Å². The summed E-state index contributed by atoms with van der Waals surface area (Å²) in [4.78, 5) is 16.7. The van der Waals surface area contributed by atoms with Gasteiger partial charge in [0.05, 0.1) is 18.3 Å². The Hall–Kier alpha value is -3.06. The summed E-state index contributed by atoms with van der Waals surface area (Å²) in [6.07, 6.45) is 4.06. The fourth-order valence-corrected chi connectivity index (χ4v) is 3.56. The first-order chi connectivity index (χ1) is 13.4. The predicted octanol–water partition coefficient (Wildman–Crippen LogP) is 4.40. The van der Waals surface area contributed by atoms with Crippen molar-refractivity contribution < 1.29 is 9.53 Å². The van der Waals surface area contributed by atoms with Crippen molar-refractivity contribution in [2.45, 2.75) is 32.8 Å². The number of carbonyl (C=O) groups is 1. The van der Waals surface area contributed by atoms with Gasteiger partial charge in [0.15, 0.2) is 0 Å². The highest BCUT2D eigenvalue weighted by Crippen LogP contribution is 2.26. The lowest BCUT2D eigenvalue weighted by Crippen LogP contribution is -2.24. The van der Waals surface area contributed by atoms with Gasteiger partial charge in [0, 0.05) is 17.3 Å². The molecule has 4 aromatic rings. The van der Waals surface area contributed by atoms with E-state index in [1.54, 1.807) is 5.51 Å². The van der Waals surface area contributed by atoms with Gasteiger partial charge in [-0.25, -0.2) is 4.98 Å². The molecule has 3 heterocycles. The zero-order valence-electron chi connectivity index (χ0n) is 15.9. The Kier molecular flexibility index (Phi) is 4.68. The van der Waals surface area contributed by atoms with Gasteiger partial charge in [-0.15, -0.1) is 10.2 Å². The molecule has 28 heavy (non-hydrogen) atoms. The number of rotatable bonds is 4. The molecular weight excluding hydrogens is 372 g/mol. The molecule has 0 bridgehead atoms. The maximum atomic E-state index is 12.1. The van der Waals surface area contributed by atoms with E-state index in [1.807, 2.05) is 74.0 Å². The molecule has 0 aliphatic heterocycles. The normalized spacial score (nSPS) is 11.7. The molecule has 0 atom stereocenters. The van der Waals surface area contributed by atoms with Crippen molar-refractivity contribution in [1.82, 2.24) is 19.6 Å². The van der Waals surface area contributed by atoms with Gasteiger partial charge in [0.25, 0.3) is 0 Å². The molecule has 0 spiro atoms. The van der Waals surface area contributed by atoms with Crippen molar-refractivity contribution in [3.8, 4) is 21.8 Å². The number of ether oxygens (including phenoxy) is 1. The van der Waals surface area contributed by atoms with E-state index in [0.29, 0.717) is 0 Å². The third-order valence-electron chi connectivity index (χ3n) is 4.11. The molecule has 0 radical (unpaired) electrons. The Morgan fingerprint density at radius 2 is 2.04 bits per heavy atom. The molecule has 0 aliphatic rings. The number of nitrogens with zero attached hydrogens (tertiary/aromatic N) is 4. The van der Waals surface area contributed by atoms with Crippen molar-refractivity contribution in [3.63, 3.8) is 0 Å². The third-order valence-corrected chi connectivity index (χ3v) is 4.85. The molecule has 0 fully saturated rings. The molecule has 0 saturated carbocycles. The second kappa shape index (κ2) is 7.16. The van der Waals surface area contributed by atoms with Crippen LogP contribution < -0.4 is 0 Å². The number of fused-ring (bicyclic) bond motifs is 1. The predicted molar refractivity (Wildman–Crippen MR) is 109 cm³/mol. The second-order valence-corrected chi connectivity index (χ2v) is 8.33. The summed E-state index contributed by atoms with van der Waals surface area (Å²) in [7, 11) is 0. The fraction of sp³-hybridized carbons (Fsp3) is 0.238. The molecule has 7 heteroatoms. The summed E-state index contributed by atoms with van der Waals surface area (Å²) in [5, 5.41) is 8.87. The largest absolute Gasteiger partial charge is 0.460 e. The van der Waals surface area contributed by atoms with Gasteiger partial charge in [0.2, 0.25) is 0 Å². The van der Waals surface area contributed by atoms with Gasteiger partial charge in [-0.05, 0) is 44.5 Å². The Balaban J connectivity index is 1.62. The first-order valence-corrected chi connectivity index (χ1v) is 9.82. The minimum atomic E-state index is -0.485. The number of hydrogen-bond donors (Lipinski definition) is 0. The van der Waals surface area contributed by atoms with E-state index in [-0.39, 0.29) is 12.4 Å². The molecule has 142 valence electrons. The first kappa shape index (κ1) is 18.3. The average molecular weight is 392 g/mol. The van der Waals surface area contributed by atoms with Crippen molar-refractivity contribution in [2.75, 3.05) is 0 Å². The van der Waals surface area contributed by atoms with Crippen LogP contribution in [0.3, 0.4) is 0 Å². The minimum Gasteiger partial charge on any atom is -0.460 e. The Labute approximate surface area is 166 Å². The molecule has 4 rings (SSSR count). The lowest BCUT2D eigenvalue weighted by atomic mass is 10.1. The van der Waals surface area contributed by atoms with E-state index in [9.17, 15) is 4.79 Å². The molecule has 1 aromatic carbocycles. The van der Waals surface area contributed by atoms with Gasteiger partial charge >= 0.3 is 5.97 Å². The van der Waals surface area contributed by atoms with Gasteiger partial charge in [-0.2, -0.15) is 0 Å². The van der Waals surface area contributed by atoms with Crippen LogP contribution in [0.1, 0.15) is 26.3 Å². The second-order valence-electron chi connectivity index (χ2n) is 7.49. The third kappa shape index (κ3) is 3.94. The first-order valence-electron chi connectivity index (χ1n) is 8.94. The highest BCUT2D eigenvalue weighted by Gasteiger charge is 2.17. The van der Waals surface area contributed by atoms with Crippen LogP contribution in [0.25, 0.3) is 27.5 Å². The van der Waals surface area contributed by atoms with E-state index in [0.717, 1.165) is 33.0 Å². The van der Waals surface area contributed by atoms with Crippen LogP contribution in [0.4, 0.5) is 0 Å². The zero-order valence-corrected chi connectivity index (χ0v) is 16.7. The Bertz CT molecular complexity index is 1130. The number of pyridine rings is 1. The number of aromatic nitrogens is 4. The molecular formula is C21H20N4O2S. The summed E-state index contributed by atoms with van der Waals surface area (Å²) in [6, 6.07) is 11.9. The highest BCUT2D eigenvalue weighted by atomic mass is 32.1. The van der Waals surface area contributed by atoms with Crippen molar-refractivity contribution in [1.29, 1.82) is 0 Å². The maximum absolute atomic E-state index is 12.1. The molecule has 6 nitrogen and oxygen atoms in total. The SMILES string of the molecule is CC(C)(C)OC(=O)Cc1cccc(-c2cnc3cc(-c4nncs4)ccn23)c1. The van der Waals surface area contributed by atoms with E-state index < -0.39 is 5.60 Å². The lowest BCUT2D eigenvalue weighted by Gasteiger charge is -2.19. The Morgan fingerprint density at radius 1 is 1.18 bits per heavy atom.